The Labute approximate surface area is 122 Å². The third kappa shape index (κ3) is 3.06. The van der Waals surface area contributed by atoms with Crippen molar-refractivity contribution in [2.24, 2.45) is 17.6 Å². The lowest BCUT2D eigenvalue weighted by atomic mass is 10.0. The molecule has 21 heavy (non-hydrogen) atoms. The molecule has 0 aliphatic carbocycles. The van der Waals surface area contributed by atoms with E-state index in [2.05, 4.69) is 4.90 Å². The van der Waals surface area contributed by atoms with Gasteiger partial charge in [0.2, 0.25) is 5.91 Å². The maximum Gasteiger partial charge on any atom is 0.236 e. The van der Waals surface area contributed by atoms with Crippen LogP contribution in [0.2, 0.25) is 0 Å². The maximum atomic E-state index is 13.2. The molecule has 2 aliphatic rings. The summed E-state index contributed by atoms with van der Waals surface area (Å²) in [5.74, 6) is -0.186. The van der Waals surface area contributed by atoms with Gasteiger partial charge in [0.05, 0.1) is 6.54 Å². The molecule has 0 bridgehead atoms. The fourth-order valence-corrected chi connectivity index (χ4v) is 3.51. The van der Waals surface area contributed by atoms with Gasteiger partial charge >= 0.3 is 0 Å². The molecule has 2 atom stereocenters. The van der Waals surface area contributed by atoms with E-state index in [4.69, 9.17) is 5.73 Å². The fraction of sp³-hybridized carbons (Fsp3) is 0.533. The lowest BCUT2D eigenvalue weighted by Gasteiger charge is -2.21. The number of hydrogen-bond donors (Lipinski definition) is 1. The number of nitrogens with two attached hydrogens (primary N) is 1. The molecule has 0 spiro atoms. The van der Waals surface area contributed by atoms with Gasteiger partial charge in [-0.2, -0.15) is 0 Å². The molecule has 1 aromatic carbocycles. The molecular weight excluding hydrogens is 276 g/mol. The van der Waals surface area contributed by atoms with Crippen molar-refractivity contribution in [2.75, 3.05) is 32.7 Å². The lowest BCUT2D eigenvalue weighted by molar-refractivity contribution is -0.129. The van der Waals surface area contributed by atoms with Gasteiger partial charge in [0.1, 0.15) is 11.6 Å². The molecule has 2 unspecified atom stereocenters. The summed E-state index contributed by atoms with van der Waals surface area (Å²) in [4.78, 5) is 15.6. The molecule has 0 saturated carbocycles. The first-order valence-electron chi connectivity index (χ1n) is 7.20. The molecule has 3 rings (SSSR count). The number of carbonyl (C=O) groups is 1. The van der Waals surface area contributed by atoms with E-state index < -0.39 is 11.6 Å². The van der Waals surface area contributed by atoms with Gasteiger partial charge in [0.25, 0.3) is 0 Å². The summed E-state index contributed by atoms with van der Waals surface area (Å²) < 4.78 is 26.4. The Hall–Kier alpha value is -1.53. The van der Waals surface area contributed by atoms with Crippen LogP contribution in [0, 0.1) is 23.5 Å². The smallest absolute Gasteiger partial charge is 0.236 e. The number of amides is 1. The molecule has 4 nitrogen and oxygen atoms in total. The first-order valence-corrected chi connectivity index (χ1v) is 7.20. The van der Waals surface area contributed by atoms with Crippen LogP contribution in [0.3, 0.4) is 0 Å². The van der Waals surface area contributed by atoms with Crippen molar-refractivity contribution in [1.29, 1.82) is 0 Å². The molecule has 2 heterocycles. The Morgan fingerprint density at radius 1 is 1.10 bits per heavy atom. The second kappa shape index (κ2) is 5.69. The van der Waals surface area contributed by atoms with E-state index in [0.29, 0.717) is 23.9 Å². The fourth-order valence-electron chi connectivity index (χ4n) is 3.51. The van der Waals surface area contributed by atoms with Crippen molar-refractivity contribution in [3.8, 4) is 0 Å². The lowest BCUT2D eigenvalue weighted by Crippen LogP contribution is -2.36. The van der Waals surface area contributed by atoms with Crippen molar-refractivity contribution in [3.05, 3.63) is 35.4 Å². The van der Waals surface area contributed by atoms with Gasteiger partial charge in [-0.1, -0.05) is 0 Å². The van der Waals surface area contributed by atoms with E-state index in [-0.39, 0.29) is 12.5 Å². The zero-order valence-electron chi connectivity index (χ0n) is 11.8. The monoisotopic (exact) mass is 295 g/mol. The van der Waals surface area contributed by atoms with Crippen LogP contribution in [0.25, 0.3) is 0 Å². The maximum absolute atomic E-state index is 13.2. The molecule has 2 saturated heterocycles. The minimum absolute atomic E-state index is 0.00292. The number of hydrogen-bond acceptors (Lipinski definition) is 3. The predicted octanol–water partition coefficient (Wildman–Crippen LogP) is 0.814. The van der Waals surface area contributed by atoms with Gasteiger partial charge in [0, 0.05) is 38.8 Å². The summed E-state index contributed by atoms with van der Waals surface area (Å²) in [5.41, 5.74) is 6.04. The number of rotatable bonds is 3. The molecule has 2 fully saturated rings. The SMILES string of the molecule is NCC(=O)N1CC2CN(Cc3cc(F)cc(F)c3)CC2C1. The number of halogens is 2. The van der Waals surface area contributed by atoms with Gasteiger partial charge in [0.15, 0.2) is 0 Å². The Balaban J connectivity index is 1.59. The Bertz CT molecular complexity index is 517. The zero-order valence-corrected chi connectivity index (χ0v) is 11.8. The van der Waals surface area contributed by atoms with E-state index >= 15 is 0 Å². The third-order valence-corrected chi connectivity index (χ3v) is 4.42. The zero-order chi connectivity index (χ0) is 15.0. The van der Waals surface area contributed by atoms with Gasteiger partial charge in [-0.05, 0) is 29.5 Å². The van der Waals surface area contributed by atoms with Gasteiger partial charge in [-0.25, -0.2) is 8.78 Å². The van der Waals surface area contributed by atoms with Crippen LogP contribution in [0.4, 0.5) is 8.78 Å². The van der Waals surface area contributed by atoms with Crippen LogP contribution in [0.1, 0.15) is 5.56 Å². The van der Waals surface area contributed by atoms with E-state index in [1.807, 2.05) is 4.90 Å². The van der Waals surface area contributed by atoms with Crippen LogP contribution < -0.4 is 5.73 Å². The van der Waals surface area contributed by atoms with Crippen molar-refractivity contribution < 1.29 is 13.6 Å². The molecular formula is C15H19F2N3O. The standard InChI is InChI=1S/C15H19F2N3O/c16-13-1-10(2-14(17)3-13)5-19-6-11-8-20(15(21)4-18)9-12(11)7-19/h1-3,11-12H,4-9,18H2. The average Bonchev–Trinajstić information content (AvgIpc) is 2.94. The molecule has 114 valence electrons. The minimum Gasteiger partial charge on any atom is -0.341 e. The van der Waals surface area contributed by atoms with Crippen LogP contribution in [-0.2, 0) is 11.3 Å². The molecule has 2 aliphatic heterocycles. The van der Waals surface area contributed by atoms with Gasteiger partial charge in [-0.15, -0.1) is 0 Å². The third-order valence-electron chi connectivity index (χ3n) is 4.42. The van der Waals surface area contributed by atoms with E-state index in [0.717, 1.165) is 32.2 Å². The number of benzene rings is 1. The number of nitrogens with zero attached hydrogens (tertiary/aromatic N) is 2. The number of fused-ring (bicyclic) bond motifs is 1. The van der Waals surface area contributed by atoms with Gasteiger partial charge < -0.3 is 10.6 Å². The first kappa shape index (κ1) is 14.4. The Kier molecular flexibility index (Phi) is 3.91. The Morgan fingerprint density at radius 3 is 2.19 bits per heavy atom. The highest BCUT2D eigenvalue weighted by molar-refractivity contribution is 5.78. The average molecular weight is 295 g/mol. The molecule has 6 heteroatoms. The van der Waals surface area contributed by atoms with E-state index in [9.17, 15) is 13.6 Å². The molecule has 0 radical (unpaired) electrons. The minimum atomic E-state index is -0.538. The number of carbonyl (C=O) groups excluding carboxylic acids is 1. The highest BCUT2D eigenvalue weighted by Crippen LogP contribution is 2.31. The normalized spacial score (nSPS) is 25.4. The topological polar surface area (TPSA) is 49.6 Å². The van der Waals surface area contributed by atoms with Crippen LogP contribution in [-0.4, -0.2) is 48.4 Å². The van der Waals surface area contributed by atoms with Crippen LogP contribution in [0.15, 0.2) is 18.2 Å². The molecule has 0 aromatic heterocycles. The Morgan fingerprint density at radius 2 is 1.67 bits per heavy atom. The summed E-state index contributed by atoms with van der Waals surface area (Å²) >= 11 is 0. The van der Waals surface area contributed by atoms with Crippen molar-refractivity contribution in [1.82, 2.24) is 9.80 Å². The second-order valence-corrected chi connectivity index (χ2v) is 5.99. The number of likely N-dealkylation sites (tertiary alicyclic amines) is 2. The second-order valence-electron chi connectivity index (χ2n) is 5.99. The molecule has 2 N–H and O–H groups in total. The van der Waals surface area contributed by atoms with Gasteiger partial charge in [-0.3, -0.25) is 9.69 Å². The van der Waals surface area contributed by atoms with Crippen molar-refractivity contribution >= 4 is 5.91 Å². The highest BCUT2D eigenvalue weighted by atomic mass is 19.1. The largest absolute Gasteiger partial charge is 0.341 e. The quantitative estimate of drug-likeness (QED) is 0.898. The van der Waals surface area contributed by atoms with Crippen LogP contribution >= 0.6 is 0 Å². The predicted molar refractivity (Wildman–Crippen MR) is 74.2 cm³/mol. The summed E-state index contributed by atoms with van der Waals surface area (Å²) in [6.45, 7) is 3.82. The summed E-state index contributed by atoms with van der Waals surface area (Å²) in [7, 11) is 0. The summed E-state index contributed by atoms with van der Waals surface area (Å²) in [6.07, 6.45) is 0. The highest BCUT2D eigenvalue weighted by Gasteiger charge is 2.41. The van der Waals surface area contributed by atoms with Crippen molar-refractivity contribution in [3.63, 3.8) is 0 Å². The summed E-state index contributed by atoms with van der Waals surface area (Å²) in [5, 5.41) is 0. The van der Waals surface area contributed by atoms with Crippen LogP contribution in [0.5, 0.6) is 0 Å². The van der Waals surface area contributed by atoms with E-state index in [1.165, 1.54) is 12.1 Å². The molecule has 1 amide bonds. The molecule has 1 aromatic rings. The van der Waals surface area contributed by atoms with Crippen molar-refractivity contribution in [2.45, 2.75) is 6.54 Å². The first-order chi connectivity index (χ1) is 10.0. The van der Waals surface area contributed by atoms with E-state index in [1.54, 1.807) is 0 Å². The summed E-state index contributed by atoms with van der Waals surface area (Å²) in [6, 6.07) is 3.64.